The summed E-state index contributed by atoms with van der Waals surface area (Å²) in [5, 5.41) is 76.6. The van der Waals surface area contributed by atoms with Crippen LogP contribution in [0.15, 0.2) is 46.6 Å². The number of carbonyl (C=O) groups is 8. The quantitative estimate of drug-likeness (QED) is 0.0183. The maximum Gasteiger partial charge on any atom is 0.342 e. The molecule has 0 aliphatic carbocycles. The van der Waals surface area contributed by atoms with Crippen molar-refractivity contribution in [2.24, 2.45) is 0 Å². The van der Waals surface area contributed by atoms with Crippen molar-refractivity contribution in [2.75, 3.05) is 28.4 Å². The molecule has 0 amide bonds. The maximum atomic E-state index is 11.8. The Kier molecular flexibility index (Phi) is 25.8. The van der Waals surface area contributed by atoms with Crippen LogP contribution in [0.2, 0.25) is 0 Å². The minimum absolute atomic E-state index is 0.0565. The molecule has 4 heterocycles. The average molecular weight is 1280 g/mol. The highest BCUT2D eigenvalue weighted by Crippen LogP contribution is 2.46. The van der Waals surface area contributed by atoms with Crippen LogP contribution < -0.4 is 18.9 Å². The number of ether oxygens (including phenoxy) is 8. The van der Waals surface area contributed by atoms with Gasteiger partial charge in [0.25, 0.3) is 0 Å². The van der Waals surface area contributed by atoms with E-state index in [1.165, 1.54) is 28.4 Å². The number of phenols is 4. The predicted octanol–water partition coefficient (Wildman–Crippen LogP) is 10.9. The van der Waals surface area contributed by atoms with Gasteiger partial charge in [-0.25, -0.2) is 19.2 Å². The first-order valence-corrected chi connectivity index (χ1v) is 29.3. The standard InChI is InChI=1S/4C17H20O6/c4*1-9(5-7-13(18)19)4-6-11-15(20)14-12(8-23-17(14)21)10(2)16(11)22-3/h4*4,20H,5-8H2,1-3H3,(H,18,19)/b4*9-4+. The van der Waals surface area contributed by atoms with E-state index in [-0.39, 0.29) is 97.4 Å². The van der Waals surface area contributed by atoms with Crippen molar-refractivity contribution in [3.05, 3.63) is 136 Å². The first-order valence-electron chi connectivity index (χ1n) is 29.3. The minimum atomic E-state index is -0.853. The molecule has 0 saturated carbocycles. The normalized spacial score (nSPS) is 13.7. The van der Waals surface area contributed by atoms with E-state index in [1.54, 1.807) is 0 Å². The molecule has 0 saturated heterocycles. The maximum absolute atomic E-state index is 11.8. The molecule has 0 fully saturated rings. The molecular formula is C68H80O24. The van der Waals surface area contributed by atoms with E-state index in [9.17, 15) is 58.8 Å². The van der Waals surface area contributed by atoms with Gasteiger partial charge in [0.15, 0.2) is 0 Å². The Hall–Kier alpha value is -10.0. The number of esters is 4. The number of carboxylic acids is 4. The summed E-state index contributed by atoms with van der Waals surface area (Å²) in [6, 6.07) is 0. The summed E-state index contributed by atoms with van der Waals surface area (Å²) >= 11 is 0. The zero-order valence-electron chi connectivity index (χ0n) is 53.7. The zero-order valence-corrected chi connectivity index (χ0v) is 53.7. The lowest BCUT2D eigenvalue weighted by Crippen LogP contribution is -2.03. The third-order valence-corrected chi connectivity index (χ3v) is 16.1. The van der Waals surface area contributed by atoms with Gasteiger partial charge in [0, 0.05) is 70.2 Å². The highest BCUT2D eigenvalue weighted by Gasteiger charge is 2.36. The molecule has 4 aliphatic heterocycles. The van der Waals surface area contributed by atoms with Gasteiger partial charge in [0.2, 0.25) is 0 Å². The number of fused-ring (bicyclic) bond motifs is 4. The fourth-order valence-electron chi connectivity index (χ4n) is 10.8. The van der Waals surface area contributed by atoms with Gasteiger partial charge in [0.1, 0.15) is 94.7 Å². The topological polar surface area (TPSA) is 372 Å². The molecule has 0 bridgehead atoms. The molecule has 0 aromatic heterocycles. The van der Waals surface area contributed by atoms with Crippen LogP contribution in [0.25, 0.3) is 0 Å². The summed E-state index contributed by atoms with van der Waals surface area (Å²) < 4.78 is 41.6. The van der Waals surface area contributed by atoms with Crippen LogP contribution in [0.5, 0.6) is 46.0 Å². The second kappa shape index (κ2) is 32.7. The molecule has 4 aromatic rings. The third kappa shape index (κ3) is 17.3. The lowest BCUT2D eigenvalue weighted by atomic mass is 9.94. The number of allylic oxidation sites excluding steroid dienone is 8. The van der Waals surface area contributed by atoms with Crippen LogP contribution in [-0.4, -0.2) is 117 Å². The first-order chi connectivity index (χ1) is 43.4. The SMILES string of the molecule is COc1c(C)c2c(c(O)c1C/C=C(\C)CCC(=O)O)C(=O)OC2.COc1c(C)c2c(c(O)c1C/C=C(\C)CCC(=O)O)C(=O)OC2.COc1c(C)c2c(c(O)c1C/C=C(\C)CCC(=O)O)C(=O)OC2.COc1c(C)c2c(c(O)c1C/C=C(\C)CCC(=O)O)C(=O)OC2. The monoisotopic (exact) mass is 1280 g/mol. The number of benzene rings is 4. The summed E-state index contributed by atoms with van der Waals surface area (Å²) in [7, 11) is 6.04. The van der Waals surface area contributed by atoms with E-state index >= 15 is 0 Å². The number of carbonyl (C=O) groups excluding carboxylic acids is 4. The molecule has 496 valence electrons. The summed E-state index contributed by atoms with van der Waals surface area (Å²) in [5.74, 6) is -3.89. The Labute approximate surface area is 531 Å². The lowest BCUT2D eigenvalue weighted by Gasteiger charge is -2.15. The van der Waals surface area contributed by atoms with E-state index in [0.717, 1.165) is 44.5 Å². The van der Waals surface area contributed by atoms with Crippen molar-refractivity contribution in [2.45, 2.75) is 159 Å². The summed E-state index contributed by atoms with van der Waals surface area (Å²) in [4.78, 5) is 89.6. The molecule has 0 radical (unpaired) electrons. The molecule has 92 heavy (non-hydrogen) atoms. The number of aliphatic carboxylic acids is 4. The van der Waals surface area contributed by atoms with Crippen LogP contribution in [0, 0.1) is 27.7 Å². The van der Waals surface area contributed by atoms with Crippen LogP contribution >= 0.6 is 0 Å². The Morgan fingerprint density at radius 2 is 0.522 bits per heavy atom. The van der Waals surface area contributed by atoms with Crippen LogP contribution in [0.1, 0.15) is 187 Å². The average Bonchev–Trinajstić information content (AvgIpc) is 1.55. The number of carboxylic acid groups (broad SMARTS) is 4. The van der Waals surface area contributed by atoms with Crippen LogP contribution in [0.3, 0.4) is 0 Å². The molecule has 0 spiro atoms. The number of methoxy groups -OCH3 is 4. The van der Waals surface area contributed by atoms with Gasteiger partial charge in [-0.1, -0.05) is 46.6 Å². The largest absolute Gasteiger partial charge is 0.507 e. The second-order valence-corrected chi connectivity index (χ2v) is 22.3. The minimum Gasteiger partial charge on any atom is -0.507 e. The number of phenolic OH excluding ortho intramolecular Hbond substituents is 4. The van der Waals surface area contributed by atoms with Crippen molar-refractivity contribution in [3.8, 4) is 46.0 Å². The molecule has 24 heteroatoms. The van der Waals surface area contributed by atoms with Gasteiger partial charge in [-0.3, -0.25) is 19.2 Å². The molecule has 24 nitrogen and oxygen atoms in total. The number of aromatic hydroxyl groups is 4. The molecular weight excluding hydrogens is 1200 g/mol. The summed E-state index contributed by atoms with van der Waals surface area (Å²) in [6.45, 7) is 15.2. The fourth-order valence-corrected chi connectivity index (χ4v) is 10.8. The molecule has 0 atom stereocenters. The van der Waals surface area contributed by atoms with E-state index < -0.39 is 47.8 Å². The Morgan fingerprint density at radius 3 is 0.674 bits per heavy atom. The van der Waals surface area contributed by atoms with Crippen molar-refractivity contribution >= 4 is 47.8 Å². The van der Waals surface area contributed by atoms with Gasteiger partial charge in [-0.15, -0.1) is 0 Å². The van der Waals surface area contributed by atoms with Crippen molar-refractivity contribution in [3.63, 3.8) is 0 Å². The van der Waals surface area contributed by atoms with E-state index in [1.807, 2.05) is 79.7 Å². The second-order valence-electron chi connectivity index (χ2n) is 22.3. The fraction of sp³-hybridized carbons (Fsp3) is 0.412. The number of rotatable bonds is 24. The van der Waals surface area contributed by atoms with Crippen molar-refractivity contribution < 1.29 is 117 Å². The zero-order chi connectivity index (χ0) is 68.6. The number of cyclic esters (lactones) is 4. The number of hydrogen-bond acceptors (Lipinski definition) is 20. The van der Waals surface area contributed by atoms with E-state index in [2.05, 4.69) is 0 Å². The lowest BCUT2D eigenvalue weighted by molar-refractivity contribution is -0.138. The third-order valence-electron chi connectivity index (χ3n) is 16.1. The molecule has 4 aromatic carbocycles. The Morgan fingerprint density at radius 1 is 0.348 bits per heavy atom. The summed E-state index contributed by atoms with van der Waals surface area (Å²) in [5.41, 5.74) is 12.2. The van der Waals surface area contributed by atoms with E-state index in [0.29, 0.717) is 119 Å². The molecule has 8 N–H and O–H groups in total. The molecule has 8 rings (SSSR count). The van der Waals surface area contributed by atoms with Gasteiger partial charge < -0.3 is 78.7 Å². The predicted molar refractivity (Wildman–Crippen MR) is 331 cm³/mol. The van der Waals surface area contributed by atoms with E-state index in [4.69, 9.17) is 58.3 Å². The van der Waals surface area contributed by atoms with Gasteiger partial charge in [-0.2, -0.15) is 0 Å². The van der Waals surface area contributed by atoms with Crippen LogP contribution in [-0.2, 0) is 90.2 Å². The van der Waals surface area contributed by atoms with Gasteiger partial charge in [-0.05, 0) is 129 Å². The van der Waals surface area contributed by atoms with Crippen molar-refractivity contribution in [1.82, 2.24) is 0 Å². The van der Waals surface area contributed by atoms with Crippen LogP contribution in [0.4, 0.5) is 0 Å². The molecule has 0 unspecified atom stereocenters. The smallest absolute Gasteiger partial charge is 0.342 e. The summed E-state index contributed by atoms with van der Waals surface area (Å²) in [6.07, 6.45) is 10.7. The van der Waals surface area contributed by atoms with Gasteiger partial charge in [0.05, 0.1) is 28.4 Å². The Bertz CT molecular complexity index is 3230. The highest BCUT2D eigenvalue weighted by molar-refractivity contribution is 6.00. The van der Waals surface area contributed by atoms with Crippen molar-refractivity contribution in [1.29, 1.82) is 0 Å². The highest BCUT2D eigenvalue weighted by atomic mass is 16.6. The Balaban J connectivity index is 0.000000223. The number of hydrogen-bond donors (Lipinski definition) is 8. The van der Waals surface area contributed by atoms with Gasteiger partial charge >= 0.3 is 47.8 Å². The first kappa shape index (κ1) is 72.7. The molecule has 4 aliphatic rings.